The van der Waals surface area contributed by atoms with Gasteiger partial charge in [0, 0.05) is 18.1 Å². The predicted octanol–water partition coefficient (Wildman–Crippen LogP) is 2.80. The third kappa shape index (κ3) is 1.11. The molecule has 0 unspecified atom stereocenters. The Morgan fingerprint density at radius 1 is 1.27 bits per heavy atom. The zero-order valence-corrected chi connectivity index (χ0v) is 9.72. The molecule has 3 aromatic rings. The van der Waals surface area contributed by atoms with E-state index in [1.165, 1.54) is 15.6 Å². The molecule has 0 aromatic carbocycles. The van der Waals surface area contributed by atoms with Crippen LogP contribution >= 0.6 is 11.3 Å². The highest BCUT2D eigenvalue weighted by Crippen LogP contribution is 2.34. The number of fused-ring (bicyclic) bond motifs is 3. The van der Waals surface area contributed by atoms with Crippen LogP contribution in [-0.2, 0) is 7.05 Å². The number of hydrogen-bond donors (Lipinski definition) is 0. The lowest BCUT2D eigenvalue weighted by Gasteiger charge is -1.94. The van der Waals surface area contributed by atoms with Gasteiger partial charge in [-0.2, -0.15) is 5.10 Å². The summed E-state index contributed by atoms with van der Waals surface area (Å²) >= 11 is 1.73. The lowest BCUT2D eigenvalue weighted by atomic mass is 10.2. The second-order valence-corrected chi connectivity index (χ2v) is 4.79. The number of pyridine rings is 1. The Labute approximate surface area is 91.4 Å². The van der Waals surface area contributed by atoms with Gasteiger partial charge in [-0.15, -0.1) is 11.3 Å². The molecule has 0 spiro atoms. The van der Waals surface area contributed by atoms with Crippen molar-refractivity contribution < 1.29 is 0 Å². The lowest BCUT2D eigenvalue weighted by molar-refractivity contribution is 0.785. The van der Waals surface area contributed by atoms with Crippen molar-refractivity contribution in [2.75, 3.05) is 0 Å². The maximum Gasteiger partial charge on any atom is 0.126 e. The summed E-state index contributed by atoms with van der Waals surface area (Å²) in [7, 11) is 1.99. The van der Waals surface area contributed by atoms with Gasteiger partial charge >= 0.3 is 0 Å². The summed E-state index contributed by atoms with van der Waals surface area (Å²) in [6, 6.07) is 4.19. The molecule has 4 heteroatoms. The molecule has 0 radical (unpaired) electrons. The van der Waals surface area contributed by atoms with Crippen LogP contribution < -0.4 is 0 Å². The van der Waals surface area contributed by atoms with Gasteiger partial charge < -0.3 is 0 Å². The molecule has 0 N–H and O–H groups in total. The van der Waals surface area contributed by atoms with Crippen molar-refractivity contribution in [1.82, 2.24) is 14.8 Å². The topological polar surface area (TPSA) is 30.7 Å². The van der Waals surface area contributed by atoms with Crippen molar-refractivity contribution >= 4 is 31.8 Å². The lowest BCUT2D eigenvalue weighted by Crippen LogP contribution is -1.90. The van der Waals surface area contributed by atoms with E-state index >= 15 is 0 Å². The number of rotatable bonds is 0. The molecule has 0 aliphatic heterocycles. The Balaban J connectivity index is 2.58. The first-order valence-electron chi connectivity index (χ1n) is 4.86. The SMILES string of the molecule is Cc1ccc2c(n1)sc1c(C)nn(C)c12. The van der Waals surface area contributed by atoms with Crippen LogP contribution in [0, 0.1) is 13.8 Å². The number of hydrogen-bond acceptors (Lipinski definition) is 3. The molecule has 0 aliphatic carbocycles. The van der Waals surface area contributed by atoms with Crippen LogP contribution in [0.2, 0.25) is 0 Å². The molecule has 3 heterocycles. The highest BCUT2D eigenvalue weighted by molar-refractivity contribution is 7.25. The number of aryl methyl sites for hydroxylation is 3. The predicted molar refractivity (Wildman–Crippen MR) is 63.4 cm³/mol. The van der Waals surface area contributed by atoms with Crippen LogP contribution in [0.3, 0.4) is 0 Å². The fourth-order valence-corrected chi connectivity index (χ4v) is 3.13. The first kappa shape index (κ1) is 8.85. The number of thiophene rings is 1. The van der Waals surface area contributed by atoms with Gasteiger partial charge in [-0.3, -0.25) is 4.68 Å². The highest BCUT2D eigenvalue weighted by atomic mass is 32.1. The van der Waals surface area contributed by atoms with Crippen molar-refractivity contribution in [3.8, 4) is 0 Å². The monoisotopic (exact) mass is 217 g/mol. The first-order valence-corrected chi connectivity index (χ1v) is 5.68. The maximum atomic E-state index is 4.54. The Morgan fingerprint density at radius 3 is 2.87 bits per heavy atom. The third-order valence-corrected chi connectivity index (χ3v) is 3.82. The van der Waals surface area contributed by atoms with Crippen molar-refractivity contribution in [2.45, 2.75) is 13.8 Å². The molecular weight excluding hydrogens is 206 g/mol. The molecule has 76 valence electrons. The van der Waals surface area contributed by atoms with Gasteiger partial charge in [-0.25, -0.2) is 4.98 Å². The van der Waals surface area contributed by atoms with Gasteiger partial charge in [0.2, 0.25) is 0 Å². The quantitative estimate of drug-likeness (QED) is 0.579. The Morgan fingerprint density at radius 2 is 2.07 bits per heavy atom. The largest absolute Gasteiger partial charge is 0.266 e. The minimum Gasteiger partial charge on any atom is -0.266 e. The summed E-state index contributed by atoms with van der Waals surface area (Å²) in [5, 5.41) is 5.63. The molecule has 0 bridgehead atoms. The molecule has 0 fully saturated rings. The molecule has 0 aliphatic rings. The average molecular weight is 217 g/mol. The molecular formula is C11H11N3S. The van der Waals surface area contributed by atoms with Crippen LogP contribution in [0.5, 0.6) is 0 Å². The minimum absolute atomic E-state index is 1.07. The molecule has 0 saturated heterocycles. The standard InChI is InChI=1S/C11H11N3S/c1-6-4-5-8-9-10(15-11(8)12-6)7(2)13-14(9)3/h4-5H,1-3H3. The average Bonchev–Trinajstić information content (AvgIpc) is 2.66. The second kappa shape index (κ2) is 2.79. The second-order valence-electron chi connectivity index (χ2n) is 3.79. The Bertz CT molecular complexity index is 663. The van der Waals surface area contributed by atoms with Crippen LogP contribution in [0.4, 0.5) is 0 Å². The normalized spacial score (nSPS) is 11.7. The van der Waals surface area contributed by atoms with E-state index in [9.17, 15) is 0 Å². The zero-order chi connectivity index (χ0) is 10.6. The molecule has 0 atom stereocenters. The highest BCUT2D eigenvalue weighted by Gasteiger charge is 2.12. The van der Waals surface area contributed by atoms with E-state index in [2.05, 4.69) is 22.2 Å². The van der Waals surface area contributed by atoms with E-state index in [0.29, 0.717) is 0 Å². The fourth-order valence-electron chi connectivity index (χ4n) is 1.95. The summed E-state index contributed by atoms with van der Waals surface area (Å²) < 4.78 is 3.20. The van der Waals surface area contributed by atoms with Crippen molar-refractivity contribution in [2.24, 2.45) is 7.05 Å². The summed E-state index contributed by atoms with van der Waals surface area (Å²) in [6.45, 7) is 4.07. The van der Waals surface area contributed by atoms with Crippen LogP contribution in [0.15, 0.2) is 12.1 Å². The molecule has 0 amide bonds. The van der Waals surface area contributed by atoms with E-state index < -0.39 is 0 Å². The molecule has 0 saturated carbocycles. The van der Waals surface area contributed by atoms with E-state index in [1.807, 2.05) is 25.6 Å². The Kier molecular flexibility index (Phi) is 1.65. The van der Waals surface area contributed by atoms with Crippen LogP contribution in [0.1, 0.15) is 11.4 Å². The van der Waals surface area contributed by atoms with Gasteiger partial charge in [0.05, 0.1) is 15.9 Å². The molecule has 3 aromatic heterocycles. The van der Waals surface area contributed by atoms with E-state index in [-0.39, 0.29) is 0 Å². The van der Waals surface area contributed by atoms with Gasteiger partial charge in [-0.05, 0) is 26.0 Å². The fraction of sp³-hybridized carbons (Fsp3) is 0.273. The maximum absolute atomic E-state index is 4.54. The molecule has 3 rings (SSSR count). The smallest absolute Gasteiger partial charge is 0.126 e. The van der Waals surface area contributed by atoms with Gasteiger partial charge in [0.1, 0.15) is 4.83 Å². The van der Waals surface area contributed by atoms with Gasteiger partial charge in [0.15, 0.2) is 0 Å². The van der Waals surface area contributed by atoms with Crippen LogP contribution in [0.25, 0.3) is 20.4 Å². The van der Waals surface area contributed by atoms with Crippen LogP contribution in [-0.4, -0.2) is 14.8 Å². The minimum atomic E-state index is 1.07. The zero-order valence-electron chi connectivity index (χ0n) is 8.90. The van der Waals surface area contributed by atoms with Crippen molar-refractivity contribution in [1.29, 1.82) is 0 Å². The number of aromatic nitrogens is 3. The summed E-state index contributed by atoms with van der Waals surface area (Å²) in [5.74, 6) is 0. The summed E-state index contributed by atoms with van der Waals surface area (Å²) in [4.78, 5) is 5.66. The van der Waals surface area contributed by atoms with Crippen molar-refractivity contribution in [3.05, 3.63) is 23.5 Å². The Hall–Kier alpha value is -1.42. The van der Waals surface area contributed by atoms with E-state index in [1.54, 1.807) is 11.3 Å². The van der Waals surface area contributed by atoms with Gasteiger partial charge in [0.25, 0.3) is 0 Å². The number of nitrogens with zero attached hydrogens (tertiary/aromatic N) is 3. The molecule has 3 nitrogen and oxygen atoms in total. The van der Waals surface area contributed by atoms with Gasteiger partial charge in [-0.1, -0.05) is 0 Å². The third-order valence-electron chi connectivity index (χ3n) is 2.62. The van der Waals surface area contributed by atoms with Crippen molar-refractivity contribution in [3.63, 3.8) is 0 Å². The first-order chi connectivity index (χ1) is 7.16. The van der Waals surface area contributed by atoms with E-state index in [4.69, 9.17) is 0 Å². The van der Waals surface area contributed by atoms with E-state index in [0.717, 1.165) is 16.2 Å². The molecule has 15 heavy (non-hydrogen) atoms. The summed E-state index contributed by atoms with van der Waals surface area (Å²) in [5.41, 5.74) is 3.37. The summed E-state index contributed by atoms with van der Waals surface area (Å²) in [6.07, 6.45) is 0.